The maximum absolute atomic E-state index is 11.8. The topological polar surface area (TPSA) is 145 Å². The second-order valence-electron chi connectivity index (χ2n) is 5.24. The number of benzene rings is 1. The molecule has 0 aliphatic heterocycles. The molecule has 0 saturated heterocycles. The molecule has 1 aromatic carbocycles. The molecule has 1 aliphatic carbocycles. The van der Waals surface area contributed by atoms with Gasteiger partial charge in [-0.2, -0.15) is 0 Å². The Bertz CT molecular complexity index is 706. The Morgan fingerprint density at radius 1 is 1.17 bits per heavy atom. The molecule has 0 bridgehead atoms. The Morgan fingerprint density at radius 3 is 2.50 bits per heavy atom. The second-order valence-corrected chi connectivity index (χ2v) is 5.24. The van der Waals surface area contributed by atoms with Gasteiger partial charge in [-0.05, 0) is 29.8 Å². The number of phenolic OH excluding ortho intramolecular Hbond substituents is 2. The lowest BCUT2D eigenvalue weighted by Gasteiger charge is -2.29. The predicted octanol–water partition coefficient (Wildman–Crippen LogP) is 0.159. The van der Waals surface area contributed by atoms with Crippen molar-refractivity contribution >= 4 is 18.0 Å². The Labute approximate surface area is 136 Å². The SMILES string of the molecule is O=C(C=Cc1ccc(O)c(O)c1)O[C@@H]1CC(C(=O)O)=C[C@@H](O)[C@H]1O. The van der Waals surface area contributed by atoms with E-state index in [1.165, 1.54) is 24.3 Å². The normalized spacial score (nSPS) is 23.8. The molecule has 0 radical (unpaired) electrons. The molecule has 128 valence electrons. The Morgan fingerprint density at radius 2 is 1.88 bits per heavy atom. The van der Waals surface area contributed by atoms with Crippen LogP contribution in [0, 0.1) is 0 Å². The van der Waals surface area contributed by atoms with Crippen LogP contribution in [0.3, 0.4) is 0 Å². The van der Waals surface area contributed by atoms with Crippen LogP contribution in [0.2, 0.25) is 0 Å². The Kier molecular flexibility index (Phi) is 5.22. The van der Waals surface area contributed by atoms with Gasteiger partial charge in [-0.1, -0.05) is 6.07 Å². The zero-order chi connectivity index (χ0) is 17.9. The van der Waals surface area contributed by atoms with E-state index in [1.807, 2.05) is 0 Å². The number of carbonyl (C=O) groups excluding carboxylic acids is 1. The first-order valence-corrected chi connectivity index (χ1v) is 6.98. The molecule has 1 aromatic rings. The number of aliphatic hydroxyl groups is 2. The molecule has 0 unspecified atom stereocenters. The largest absolute Gasteiger partial charge is 0.504 e. The standard InChI is InChI=1S/C16H16O8/c17-10-3-1-8(5-11(10)18)2-4-14(20)24-13-7-9(16(22)23)6-12(19)15(13)21/h1-6,12-13,15,17-19,21H,7H2,(H,22,23)/t12-,13-,15-/m1/s1. The number of aliphatic carboxylic acids is 1. The van der Waals surface area contributed by atoms with Crippen molar-refractivity contribution in [1.29, 1.82) is 0 Å². The number of carboxylic acid groups (broad SMARTS) is 1. The fraction of sp³-hybridized carbons (Fsp3) is 0.250. The molecular weight excluding hydrogens is 320 g/mol. The van der Waals surface area contributed by atoms with Gasteiger partial charge in [0.15, 0.2) is 11.5 Å². The smallest absolute Gasteiger partial charge is 0.331 e. The Balaban J connectivity index is 2.03. The van der Waals surface area contributed by atoms with E-state index < -0.39 is 30.3 Å². The molecule has 2 rings (SSSR count). The zero-order valence-corrected chi connectivity index (χ0v) is 12.4. The van der Waals surface area contributed by atoms with E-state index in [4.69, 9.17) is 9.84 Å². The summed E-state index contributed by atoms with van der Waals surface area (Å²) in [6, 6.07) is 3.92. The van der Waals surface area contributed by atoms with Crippen molar-refractivity contribution in [3.63, 3.8) is 0 Å². The molecule has 0 amide bonds. The van der Waals surface area contributed by atoms with Gasteiger partial charge in [0.1, 0.15) is 18.3 Å². The van der Waals surface area contributed by atoms with Crippen LogP contribution < -0.4 is 0 Å². The van der Waals surface area contributed by atoms with Crippen LogP contribution in [0.15, 0.2) is 35.9 Å². The van der Waals surface area contributed by atoms with Crippen molar-refractivity contribution in [3.8, 4) is 11.5 Å². The van der Waals surface area contributed by atoms with Gasteiger partial charge in [-0.25, -0.2) is 9.59 Å². The molecule has 8 nitrogen and oxygen atoms in total. The number of hydrogen-bond acceptors (Lipinski definition) is 7. The van der Waals surface area contributed by atoms with E-state index in [2.05, 4.69) is 0 Å². The molecule has 0 spiro atoms. The number of rotatable bonds is 4. The van der Waals surface area contributed by atoms with Gasteiger partial charge in [0.05, 0.1) is 0 Å². The molecule has 3 atom stereocenters. The summed E-state index contributed by atoms with van der Waals surface area (Å²) in [4.78, 5) is 22.7. The summed E-state index contributed by atoms with van der Waals surface area (Å²) in [5.41, 5.74) is 0.260. The van der Waals surface area contributed by atoms with Gasteiger partial charge in [-0.15, -0.1) is 0 Å². The maximum Gasteiger partial charge on any atom is 0.331 e. The summed E-state index contributed by atoms with van der Waals surface area (Å²) in [5, 5.41) is 46.9. The van der Waals surface area contributed by atoms with Crippen molar-refractivity contribution in [2.24, 2.45) is 0 Å². The summed E-state index contributed by atoms with van der Waals surface area (Å²) in [6.07, 6.45) is -0.963. The van der Waals surface area contributed by atoms with Crippen LogP contribution in [0.25, 0.3) is 6.08 Å². The van der Waals surface area contributed by atoms with Crippen LogP contribution in [0.5, 0.6) is 11.5 Å². The summed E-state index contributed by atoms with van der Waals surface area (Å²) < 4.78 is 4.98. The fourth-order valence-electron chi connectivity index (χ4n) is 2.20. The quantitative estimate of drug-likeness (QED) is 0.297. The lowest BCUT2D eigenvalue weighted by Crippen LogP contribution is -2.43. The molecule has 0 heterocycles. The maximum atomic E-state index is 11.8. The van der Waals surface area contributed by atoms with Crippen molar-refractivity contribution < 1.29 is 39.9 Å². The average Bonchev–Trinajstić information content (AvgIpc) is 2.52. The number of phenols is 2. The number of hydrogen-bond donors (Lipinski definition) is 5. The third-order valence-corrected chi connectivity index (χ3v) is 3.48. The lowest BCUT2D eigenvalue weighted by atomic mass is 9.92. The van der Waals surface area contributed by atoms with Crippen molar-refractivity contribution in [3.05, 3.63) is 41.5 Å². The lowest BCUT2D eigenvalue weighted by molar-refractivity contribution is -0.154. The van der Waals surface area contributed by atoms with Gasteiger partial charge in [0.25, 0.3) is 0 Å². The summed E-state index contributed by atoms with van der Waals surface area (Å²) in [7, 11) is 0. The van der Waals surface area contributed by atoms with E-state index in [0.717, 1.165) is 12.2 Å². The molecule has 0 aromatic heterocycles. The molecule has 8 heteroatoms. The van der Waals surface area contributed by atoms with Gasteiger partial charge in [-0.3, -0.25) is 0 Å². The number of carboxylic acids is 1. The van der Waals surface area contributed by atoms with Crippen LogP contribution in [0.4, 0.5) is 0 Å². The summed E-state index contributed by atoms with van der Waals surface area (Å²) >= 11 is 0. The summed E-state index contributed by atoms with van der Waals surface area (Å²) in [6.45, 7) is 0. The van der Waals surface area contributed by atoms with Crippen LogP contribution in [0.1, 0.15) is 12.0 Å². The molecule has 5 N–H and O–H groups in total. The van der Waals surface area contributed by atoms with E-state index >= 15 is 0 Å². The third kappa shape index (κ3) is 4.12. The number of esters is 1. The van der Waals surface area contributed by atoms with Crippen molar-refractivity contribution in [1.82, 2.24) is 0 Å². The predicted molar refractivity (Wildman–Crippen MR) is 81.0 cm³/mol. The van der Waals surface area contributed by atoms with Gasteiger partial charge < -0.3 is 30.3 Å². The zero-order valence-electron chi connectivity index (χ0n) is 12.4. The van der Waals surface area contributed by atoms with Crippen molar-refractivity contribution in [2.45, 2.75) is 24.7 Å². The van der Waals surface area contributed by atoms with E-state index in [-0.39, 0.29) is 23.5 Å². The van der Waals surface area contributed by atoms with E-state index in [0.29, 0.717) is 5.56 Å². The highest BCUT2D eigenvalue weighted by Crippen LogP contribution is 2.26. The van der Waals surface area contributed by atoms with E-state index in [9.17, 15) is 30.0 Å². The van der Waals surface area contributed by atoms with Crippen LogP contribution >= 0.6 is 0 Å². The number of carbonyl (C=O) groups is 2. The van der Waals surface area contributed by atoms with E-state index in [1.54, 1.807) is 0 Å². The third-order valence-electron chi connectivity index (χ3n) is 3.48. The fourth-order valence-corrected chi connectivity index (χ4v) is 2.20. The minimum Gasteiger partial charge on any atom is -0.504 e. The molecule has 0 fully saturated rings. The van der Waals surface area contributed by atoms with Crippen LogP contribution in [-0.4, -0.2) is 55.8 Å². The number of aliphatic hydroxyl groups excluding tert-OH is 2. The molecule has 0 saturated carbocycles. The Hall–Kier alpha value is -2.84. The highest BCUT2D eigenvalue weighted by molar-refractivity contribution is 5.88. The molecule has 1 aliphatic rings. The minimum absolute atomic E-state index is 0.155. The molecular formula is C16H16O8. The first-order chi connectivity index (χ1) is 11.3. The first-order valence-electron chi connectivity index (χ1n) is 6.98. The van der Waals surface area contributed by atoms with Crippen molar-refractivity contribution in [2.75, 3.05) is 0 Å². The van der Waals surface area contributed by atoms with Gasteiger partial charge in [0.2, 0.25) is 0 Å². The average molecular weight is 336 g/mol. The monoisotopic (exact) mass is 336 g/mol. The van der Waals surface area contributed by atoms with Gasteiger partial charge >= 0.3 is 11.9 Å². The van der Waals surface area contributed by atoms with Gasteiger partial charge in [0, 0.05) is 18.1 Å². The highest BCUT2D eigenvalue weighted by Gasteiger charge is 2.35. The molecule has 24 heavy (non-hydrogen) atoms. The van der Waals surface area contributed by atoms with Crippen LogP contribution in [-0.2, 0) is 14.3 Å². The minimum atomic E-state index is -1.44. The summed E-state index contributed by atoms with van der Waals surface area (Å²) in [5.74, 6) is -2.78. The highest BCUT2D eigenvalue weighted by atomic mass is 16.6. The first kappa shape index (κ1) is 17.5. The second kappa shape index (κ2) is 7.16. The number of ether oxygens (including phenoxy) is 1. The number of aromatic hydroxyl groups is 2.